The van der Waals surface area contributed by atoms with Crippen LogP contribution in [-0.4, -0.2) is 17.6 Å². The molecule has 0 aliphatic rings. The van der Waals surface area contributed by atoms with Crippen LogP contribution in [0.4, 0.5) is 17.6 Å². The summed E-state index contributed by atoms with van der Waals surface area (Å²) < 4.78 is 54.0. The first-order valence-electron chi connectivity index (χ1n) is 5.36. The van der Waals surface area contributed by atoms with Crippen LogP contribution in [-0.2, 0) is 0 Å². The van der Waals surface area contributed by atoms with Gasteiger partial charge in [-0.15, -0.1) is 13.2 Å². The van der Waals surface area contributed by atoms with E-state index in [9.17, 15) is 22.4 Å². The van der Waals surface area contributed by atoms with Crippen LogP contribution in [0.1, 0.15) is 10.4 Å². The molecule has 0 saturated heterocycles. The minimum Gasteiger partial charge on any atom is -0.406 e. The van der Waals surface area contributed by atoms with Crippen molar-refractivity contribution in [2.75, 3.05) is 0 Å². The van der Waals surface area contributed by atoms with E-state index in [4.69, 9.17) is 0 Å². The minimum absolute atomic E-state index is 0.0768. The monoisotopic (exact) mass is 285 g/mol. The fourth-order valence-corrected chi connectivity index (χ4v) is 1.59. The van der Waals surface area contributed by atoms with E-state index >= 15 is 0 Å². The first-order valence-corrected chi connectivity index (χ1v) is 5.36. The van der Waals surface area contributed by atoms with Crippen LogP contribution in [0, 0.1) is 5.82 Å². The molecule has 1 aromatic heterocycles. The number of benzene rings is 1. The van der Waals surface area contributed by atoms with Crippen molar-refractivity contribution >= 4 is 6.29 Å². The fourth-order valence-electron chi connectivity index (χ4n) is 1.59. The molecule has 0 radical (unpaired) electrons. The topological polar surface area (TPSA) is 39.2 Å². The standard InChI is InChI=1S/C13H7F4NO2/c14-11-9(7-19)4-5-18-12(11)8-2-1-3-10(6-8)20-13(15,16)17/h1-7H. The molecule has 104 valence electrons. The molecule has 0 bridgehead atoms. The van der Waals surface area contributed by atoms with Crippen molar-refractivity contribution in [3.8, 4) is 17.0 Å². The zero-order chi connectivity index (χ0) is 14.8. The predicted octanol–water partition coefficient (Wildman–Crippen LogP) is 3.60. The van der Waals surface area contributed by atoms with E-state index in [-0.39, 0.29) is 16.8 Å². The summed E-state index contributed by atoms with van der Waals surface area (Å²) in [6, 6.07) is 5.88. The number of aromatic nitrogens is 1. The number of aldehydes is 1. The Labute approximate surface area is 110 Å². The van der Waals surface area contributed by atoms with Crippen LogP contribution < -0.4 is 4.74 Å². The zero-order valence-electron chi connectivity index (χ0n) is 9.82. The highest BCUT2D eigenvalue weighted by molar-refractivity contribution is 5.78. The number of ether oxygens (including phenoxy) is 1. The Morgan fingerprint density at radius 2 is 1.95 bits per heavy atom. The van der Waals surface area contributed by atoms with Gasteiger partial charge in [0.05, 0.1) is 5.56 Å². The van der Waals surface area contributed by atoms with Crippen LogP contribution in [0.3, 0.4) is 0 Å². The number of rotatable bonds is 3. The van der Waals surface area contributed by atoms with Crippen molar-refractivity contribution in [1.82, 2.24) is 4.98 Å². The SMILES string of the molecule is O=Cc1ccnc(-c2cccc(OC(F)(F)F)c2)c1F. The van der Waals surface area contributed by atoms with Gasteiger partial charge in [-0.3, -0.25) is 9.78 Å². The van der Waals surface area contributed by atoms with Crippen molar-refractivity contribution in [1.29, 1.82) is 0 Å². The summed E-state index contributed by atoms with van der Waals surface area (Å²) in [5.74, 6) is -1.39. The third kappa shape index (κ3) is 3.11. The van der Waals surface area contributed by atoms with Gasteiger partial charge in [0, 0.05) is 11.8 Å². The summed E-state index contributed by atoms with van der Waals surface area (Å²) in [5, 5.41) is 0. The van der Waals surface area contributed by atoms with Gasteiger partial charge < -0.3 is 4.74 Å². The lowest BCUT2D eigenvalue weighted by molar-refractivity contribution is -0.274. The van der Waals surface area contributed by atoms with Gasteiger partial charge in [0.25, 0.3) is 0 Å². The summed E-state index contributed by atoms with van der Waals surface area (Å²) in [6.45, 7) is 0. The molecule has 0 aliphatic carbocycles. The second-order valence-electron chi connectivity index (χ2n) is 3.76. The average molecular weight is 285 g/mol. The molecule has 0 fully saturated rings. The molecule has 0 saturated carbocycles. The molecule has 0 aliphatic heterocycles. The van der Waals surface area contributed by atoms with Crippen LogP contribution in [0.2, 0.25) is 0 Å². The number of hydrogen-bond acceptors (Lipinski definition) is 3. The molecule has 1 heterocycles. The van der Waals surface area contributed by atoms with Crippen molar-refractivity contribution in [2.24, 2.45) is 0 Å². The van der Waals surface area contributed by atoms with Crippen LogP contribution in [0.5, 0.6) is 5.75 Å². The van der Waals surface area contributed by atoms with E-state index in [1.807, 2.05) is 0 Å². The Balaban J connectivity index is 2.44. The Hall–Kier alpha value is -2.44. The van der Waals surface area contributed by atoms with Gasteiger partial charge in [-0.2, -0.15) is 0 Å². The largest absolute Gasteiger partial charge is 0.573 e. The lowest BCUT2D eigenvalue weighted by atomic mass is 10.1. The maximum absolute atomic E-state index is 13.9. The Morgan fingerprint density at radius 1 is 1.20 bits per heavy atom. The quantitative estimate of drug-likeness (QED) is 0.639. The third-order valence-electron chi connectivity index (χ3n) is 2.39. The molecule has 1 aromatic carbocycles. The van der Waals surface area contributed by atoms with Crippen molar-refractivity contribution < 1.29 is 27.1 Å². The van der Waals surface area contributed by atoms with E-state index in [1.54, 1.807) is 0 Å². The highest BCUT2D eigenvalue weighted by atomic mass is 19.4. The third-order valence-corrected chi connectivity index (χ3v) is 2.39. The molecular formula is C13H7F4NO2. The van der Waals surface area contributed by atoms with Gasteiger partial charge in [-0.05, 0) is 18.2 Å². The van der Waals surface area contributed by atoms with Gasteiger partial charge in [0.2, 0.25) is 0 Å². The van der Waals surface area contributed by atoms with E-state index < -0.39 is 17.9 Å². The lowest BCUT2D eigenvalue weighted by Crippen LogP contribution is -2.17. The van der Waals surface area contributed by atoms with Gasteiger partial charge in [0.15, 0.2) is 12.1 Å². The van der Waals surface area contributed by atoms with Gasteiger partial charge in [-0.1, -0.05) is 12.1 Å². The highest BCUT2D eigenvalue weighted by Crippen LogP contribution is 2.28. The number of carbonyl (C=O) groups is 1. The van der Waals surface area contributed by atoms with Gasteiger partial charge >= 0.3 is 6.36 Å². The van der Waals surface area contributed by atoms with Crippen molar-refractivity contribution in [2.45, 2.75) is 6.36 Å². The molecule has 0 unspecified atom stereocenters. The first-order chi connectivity index (χ1) is 9.40. The predicted molar refractivity (Wildman–Crippen MR) is 61.7 cm³/mol. The van der Waals surface area contributed by atoms with Crippen molar-refractivity contribution in [3.63, 3.8) is 0 Å². The fraction of sp³-hybridized carbons (Fsp3) is 0.0769. The van der Waals surface area contributed by atoms with Gasteiger partial charge in [-0.25, -0.2) is 4.39 Å². The second kappa shape index (κ2) is 5.28. The van der Waals surface area contributed by atoms with E-state index in [1.165, 1.54) is 24.4 Å². The van der Waals surface area contributed by atoms with Crippen molar-refractivity contribution in [3.05, 3.63) is 47.9 Å². The molecule has 0 N–H and O–H groups in total. The summed E-state index contributed by atoms with van der Waals surface area (Å²) in [4.78, 5) is 14.3. The van der Waals surface area contributed by atoms with Gasteiger partial charge in [0.1, 0.15) is 11.4 Å². The minimum atomic E-state index is -4.84. The maximum Gasteiger partial charge on any atom is 0.573 e. The normalized spacial score (nSPS) is 11.2. The molecule has 2 aromatic rings. The number of halogens is 4. The van der Waals surface area contributed by atoms with E-state index in [0.29, 0.717) is 6.29 Å². The summed E-state index contributed by atoms with van der Waals surface area (Å²) in [7, 11) is 0. The Morgan fingerprint density at radius 3 is 2.60 bits per heavy atom. The summed E-state index contributed by atoms with van der Waals surface area (Å²) in [5.41, 5.74) is -0.368. The van der Waals surface area contributed by atoms with E-state index in [0.717, 1.165) is 12.1 Å². The zero-order valence-corrected chi connectivity index (χ0v) is 9.82. The van der Waals surface area contributed by atoms with E-state index in [2.05, 4.69) is 9.72 Å². The molecular weight excluding hydrogens is 278 g/mol. The van der Waals surface area contributed by atoms with Crippen LogP contribution >= 0.6 is 0 Å². The van der Waals surface area contributed by atoms with Crippen LogP contribution in [0.15, 0.2) is 36.5 Å². The molecule has 3 nitrogen and oxygen atoms in total. The molecule has 0 amide bonds. The molecule has 0 spiro atoms. The number of nitrogens with zero attached hydrogens (tertiary/aromatic N) is 1. The Kier molecular flexibility index (Phi) is 3.69. The van der Waals surface area contributed by atoms with Crippen LogP contribution in [0.25, 0.3) is 11.3 Å². The number of carbonyl (C=O) groups excluding carboxylic acids is 1. The number of alkyl halides is 3. The molecule has 0 atom stereocenters. The second-order valence-corrected chi connectivity index (χ2v) is 3.76. The molecule has 2 rings (SSSR count). The smallest absolute Gasteiger partial charge is 0.406 e. The first kappa shape index (κ1) is 14.0. The number of pyridine rings is 1. The lowest BCUT2D eigenvalue weighted by Gasteiger charge is -2.10. The average Bonchev–Trinajstić information content (AvgIpc) is 2.37. The molecule has 7 heteroatoms. The summed E-state index contributed by atoms with van der Waals surface area (Å²) >= 11 is 0. The molecule has 20 heavy (non-hydrogen) atoms. The Bertz CT molecular complexity index is 641. The summed E-state index contributed by atoms with van der Waals surface area (Å²) in [6.07, 6.45) is -3.34. The maximum atomic E-state index is 13.9. The highest BCUT2D eigenvalue weighted by Gasteiger charge is 2.31. The number of hydrogen-bond donors (Lipinski definition) is 0.